The van der Waals surface area contributed by atoms with Crippen LogP contribution in [0, 0.1) is 10.1 Å². The summed E-state index contributed by atoms with van der Waals surface area (Å²) in [6, 6.07) is -0.552. The number of hydrogen-bond donors (Lipinski definition) is 1. The van der Waals surface area contributed by atoms with Crippen molar-refractivity contribution < 1.29 is 10.1 Å². The summed E-state index contributed by atoms with van der Waals surface area (Å²) >= 11 is 0. The Hall–Kier alpha value is -0.390. The van der Waals surface area contributed by atoms with E-state index in [9.17, 15) is 15.3 Å². The average Bonchev–Trinajstić information content (AvgIpc) is 1.98. The van der Waals surface area contributed by atoms with Crippen molar-refractivity contribution in [1.29, 1.82) is 0 Å². The molecule has 0 saturated carbocycles. The number of nitro groups is 1. The number of rotatable bonds is 1. The van der Waals surface area contributed by atoms with Gasteiger partial charge in [0, 0.05) is 28.8 Å². The predicted octanol–water partition coefficient (Wildman–Crippen LogP) is 2.10. The second-order valence-electron chi connectivity index (χ2n) is 5.28. The first-order valence-corrected chi connectivity index (χ1v) is 4.79. The van der Waals surface area contributed by atoms with Crippen LogP contribution >= 0.6 is 12.4 Å². The molecule has 0 atom stereocenters. The van der Waals surface area contributed by atoms with Crippen LogP contribution < -0.4 is 0 Å². The maximum absolute atomic E-state index is 10.7. The van der Waals surface area contributed by atoms with Crippen LogP contribution in [-0.2, 0) is 0 Å². The van der Waals surface area contributed by atoms with Crippen LogP contribution in [0.5, 0.6) is 0 Å². The van der Waals surface area contributed by atoms with Crippen LogP contribution in [0.1, 0.15) is 40.5 Å². The summed E-state index contributed by atoms with van der Waals surface area (Å²) in [5, 5.41) is 21.9. The third-order valence-electron chi connectivity index (χ3n) is 2.92. The van der Waals surface area contributed by atoms with E-state index < -0.39 is 17.1 Å². The molecule has 0 aliphatic carbocycles. The Labute approximate surface area is 96.0 Å². The predicted molar refractivity (Wildman–Crippen MR) is 59.0 cm³/mol. The molecule has 1 fully saturated rings. The lowest BCUT2D eigenvalue weighted by atomic mass is 9.79. The molecule has 0 bridgehead atoms. The Kier molecular flexibility index (Phi) is 4.12. The van der Waals surface area contributed by atoms with Crippen molar-refractivity contribution in [3.63, 3.8) is 0 Å². The van der Waals surface area contributed by atoms with E-state index in [0.29, 0.717) is 12.8 Å². The molecule has 1 aliphatic rings. The molecule has 1 aliphatic heterocycles. The molecule has 15 heavy (non-hydrogen) atoms. The SMILES string of the molecule is CC1(C)CC([N+](=O)[O-])CC(C)(C)N1O.Cl. The zero-order valence-electron chi connectivity index (χ0n) is 9.56. The molecule has 1 rings (SSSR count). The van der Waals surface area contributed by atoms with Crippen molar-refractivity contribution in [3.05, 3.63) is 10.1 Å². The van der Waals surface area contributed by atoms with Gasteiger partial charge in [-0.15, -0.1) is 12.4 Å². The smallest absolute Gasteiger partial charge is 0.216 e. The monoisotopic (exact) mass is 238 g/mol. The summed E-state index contributed by atoms with van der Waals surface area (Å²) in [7, 11) is 0. The molecule has 0 unspecified atom stereocenters. The molecule has 5 nitrogen and oxygen atoms in total. The van der Waals surface area contributed by atoms with E-state index in [1.54, 1.807) is 0 Å². The highest BCUT2D eigenvalue weighted by Crippen LogP contribution is 2.37. The topological polar surface area (TPSA) is 66.6 Å². The number of hydrogen-bond acceptors (Lipinski definition) is 4. The van der Waals surface area contributed by atoms with Crippen molar-refractivity contribution in [3.8, 4) is 0 Å². The fraction of sp³-hybridized carbons (Fsp3) is 1.00. The molecule has 0 radical (unpaired) electrons. The largest absolute Gasteiger partial charge is 0.313 e. The van der Waals surface area contributed by atoms with E-state index >= 15 is 0 Å². The van der Waals surface area contributed by atoms with Gasteiger partial charge in [0.05, 0.1) is 0 Å². The lowest BCUT2D eigenvalue weighted by Crippen LogP contribution is -2.61. The molecule has 0 spiro atoms. The second kappa shape index (κ2) is 4.23. The van der Waals surface area contributed by atoms with Gasteiger partial charge in [0.15, 0.2) is 0 Å². The maximum Gasteiger partial charge on any atom is 0.216 e. The minimum atomic E-state index is -0.552. The minimum absolute atomic E-state index is 0. The molecule has 0 aromatic carbocycles. The molecule has 1 heterocycles. The van der Waals surface area contributed by atoms with E-state index in [2.05, 4.69) is 0 Å². The molecular formula is C9H19ClN2O3. The van der Waals surface area contributed by atoms with Gasteiger partial charge < -0.3 is 5.21 Å². The second-order valence-corrected chi connectivity index (χ2v) is 5.28. The summed E-state index contributed by atoms with van der Waals surface area (Å²) in [4.78, 5) is 10.5. The van der Waals surface area contributed by atoms with Crippen molar-refractivity contribution in [2.24, 2.45) is 0 Å². The zero-order valence-corrected chi connectivity index (χ0v) is 10.4. The summed E-state index contributed by atoms with van der Waals surface area (Å²) in [6.07, 6.45) is 0.778. The van der Waals surface area contributed by atoms with Gasteiger partial charge in [-0.25, -0.2) is 0 Å². The average molecular weight is 239 g/mol. The highest BCUT2D eigenvalue weighted by molar-refractivity contribution is 5.85. The quantitative estimate of drug-likeness (QED) is 0.561. The standard InChI is InChI=1S/C9H18N2O3.ClH/c1-8(2)5-7(10(12)13)6-9(3,4)11(8)14;/h7,14H,5-6H2,1-4H3;1H. The third kappa shape index (κ3) is 2.80. The Morgan fingerprint density at radius 1 is 1.27 bits per heavy atom. The van der Waals surface area contributed by atoms with Crippen LogP contribution in [0.15, 0.2) is 0 Å². The number of halogens is 1. The van der Waals surface area contributed by atoms with Gasteiger partial charge in [0.1, 0.15) is 0 Å². The van der Waals surface area contributed by atoms with Gasteiger partial charge >= 0.3 is 0 Å². The van der Waals surface area contributed by atoms with Gasteiger partial charge in [-0.1, -0.05) is 0 Å². The Morgan fingerprint density at radius 3 is 1.87 bits per heavy atom. The Morgan fingerprint density at radius 2 is 1.60 bits per heavy atom. The molecule has 0 aromatic heterocycles. The van der Waals surface area contributed by atoms with Crippen LogP contribution in [0.3, 0.4) is 0 Å². The molecule has 0 aromatic rings. The van der Waals surface area contributed by atoms with Gasteiger partial charge in [0.25, 0.3) is 0 Å². The molecule has 6 heteroatoms. The van der Waals surface area contributed by atoms with Crippen molar-refractivity contribution in [1.82, 2.24) is 5.06 Å². The van der Waals surface area contributed by atoms with E-state index in [1.165, 1.54) is 5.06 Å². The molecule has 1 N–H and O–H groups in total. The normalized spacial score (nSPS) is 25.7. The highest BCUT2D eigenvalue weighted by Gasteiger charge is 2.49. The maximum atomic E-state index is 10.7. The van der Waals surface area contributed by atoms with Crippen molar-refractivity contribution in [2.45, 2.75) is 57.7 Å². The van der Waals surface area contributed by atoms with E-state index in [1.807, 2.05) is 27.7 Å². The highest BCUT2D eigenvalue weighted by atomic mass is 35.5. The zero-order chi connectivity index (χ0) is 11.1. The van der Waals surface area contributed by atoms with Crippen LogP contribution in [0.2, 0.25) is 0 Å². The van der Waals surface area contributed by atoms with Crippen molar-refractivity contribution in [2.75, 3.05) is 0 Å². The fourth-order valence-electron chi connectivity index (χ4n) is 2.37. The molecular weight excluding hydrogens is 220 g/mol. The Balaban J connectivity index is 0.00000196. The van der Waals surface area contributed by atoms with Crippen LogP contribution in [0.4, 0.5) is 0 Å². The van der Waals surface area contributed by atoms with Crippen LogP contribution in [0.25, 0.3) is 0 Å². The van der Waals surface area contributed by atoms with Gasteiger partial charge in [-0.2, -0.15) is 5.06 Å². The van der Waals surface area contributed by atoms with Crippen LogP contribution in [-0.4, -0.2) is 32.3 Å². The molecule has 1 saturated heterocycles. The van der Waals surface area contributed by atoms with Gasteiger partial charge in [-0.05, 0) is 27.7 Å². The third-order valence-corrected chi connectivity index (χ3v) is 2.92. The molecule has 90 valence electrons. The van der Waals surface area contributed by atoms with E-state index in [4.69, 9.17) is 0 Å². The summed E-state index contributed by atoms with van der Waals surface area (Å²) in [6.45, 7) is 7.30. The first-order chi connectivity index (χ1) is 6.17. The lowest BCUT2D eigenvalue weighted by Gasteiger charge is -2.48. The van der Waals surface area contributed by atoms with Gasteiger partial charge in [0.2, 0.25) is 6.04 Å². The Bertz CT molecular complexity index is 238. The van der Waals surface area contributed by atoms with E-state index in [-0.39, 0.29) is 17.3 Å². The van der Waals surface area contributed by atoms with E-state index in [0.717, 1.165) is 0 Å². The minimum Gasteiger partial charge on any atom is -0.313 e. The summed E-state index contributed by atoms with van der Waals surface area (Å²) in [5.74, 6) is 0. The lowest BCUT2D eigenvalue weighted by molar-refractivity contribution is -0.538. The molecule has 0 amide bonds. The number of nitrogens with zero attached hydrogens (tertiary/aromatic N) is 2. The van der Waals surface area contributed by atoms with Gasteiger partial charge in [-0.3, -0.25) is 10.1 Å². The summed E-state index contributed by atoms with van der Waals surface area (Å²) in [5.41, 5.74) is -1.06. The summed E-state index contributed by atoms with van der Waals surface area (Å²) < 4.78 is 0. The number of piperidine rings is 1. The first kappa shape index (κ1) is 14.6. The first-order valence-electron chi connectivity index (χ1n) is 4.79. The van der Waals surface area contributed by atoms with Crippen molar-refractivity contribution >= 4 is 12.4 Å². The number of hydroxylamine groups is 2. The fourth-order valence-corrected chi connectivity index (χ4v) is 2.37.